The van der Waals surface area contributed by atoms with Crippen molar-refractivity contribution in [2.75, 3.05) is 39.4 Å². The first kappa shape index (κ1) is 15.1. The highest BCUT2D eigenvalue weighted by molar-refractivity contribution is 5.79. The minimum atomic E-state index is -0.781. The molecule has 2 heterocycles. The third-order valence-corrected chi connectivity index (χ3v) is 4.47. The summed E-state index contributed by atoms with van der Waals surface area (Å²) >= 11 is 0. The van der Waals surface area contributed by atoms with Gasteiger partial charge in [0.1, 0.15) is 0 Å². The van der Waals surface area contributed by atoms with Crippen molar-refractivity contribution in [3.8, 4) is 0 Å². The van der Waals surface area contributed by atoms with Gasteiger partial charge in [0, 0.05) is 32.8 Å². The topological polar surface area (TPSA) is 70.1 Å². The van der Waals surface area contributed by atoms with Crippen molar-refractivity contribution < 1.29 is 19.4 Å². The molecule has 0 saturated carbocycles. The van der Waals surface area contributed by atoms with Gasteiger partial charge >= 0.3 is 12.0 Å². The Hall–Kier alpha value is -1.30. The number of hydrogen-bond donors (Lipinski definition) is 1. The zero-order chi connectivity index (χ0) is 14.6. The van der Waals surface area contributed by atoms with Gasteiger partial charge in [-0.1, -0.05) is 6.92 Å². The minimum absolute atomic E-state index is 0.0331. The van der Waals surface area contributed by atoms with Crippen molar-refractivity contribution >= 4 is 12.0 Å². The molecule has 0 aliphatic carbocycles. The van der Waals surface area contributed by atoms with Gasteiger partial charge in [0.25, 0.3) is 0 Å². The maximum Gasteiger partial charge on any atom is 0.320 e. The van der Waals surface area contributed by atoms with Crippen LogP contribution in [-0.2, 0) is 9.53 Å². The lowest BCUT2D eigenvalue weighted by atomic mass is 9.78. The fraction of sp³-hybridized carbons (Fsp3) is 0.857. The van der Waals surface area contributed by atoms with Gasteiger partial charge < -0.3 is 19.6 Å². The van der Waals surface area contributed by atoms with Crippen LogP contribution in [0.1, 0.15) is 32.6 Å². The van der Waals surface area contributed by atoms with Crippen LogP contribution in [0.2, 0.25) is 0 Å². The van der Waals surface area contributed by atoms with E-state index in [-0.39, 0.29) is 6.03 Å². The number of piperidine rings is 1. The Morgan fingerprint density at radius 3 is 2.60 bits per heavy atom. The Bertz CT molecular complexity index is 366. The first-order valence-corrected chi connectivity index (χ1v) is 7.44. The van der Waals surface area contributed by atoms with Gasteiger partial charge in [-0.3, -0.25) is 4.79 Å². The van der Waals surface area contributed by atoms with Gasteiger partial charge in [0.05, 0.1) is 12.0 Å². The normalized spacial score (nSPS) is 28.1. The van der Waals surface area contributed by atoms with Gasteiger partial charge in [-0.05, 0) is 25.7 Å². The highest BCUT2D eigenvalue weighted by atomic mass is 16.5. The number of carbonyl (C=O) groups excluding carboxylic acids is 1. The summed E-state index contributed by atoms with van der Waals surface area (Å²) < 4.78 is 5.36. The molecule has 6 nitrogen and oxygen atoms in total. The second kappa shape index (κ2) is 6.43. The molecule has 0 aromatic heterocycles. The smallest absolute Gasteiger partial charge is 0.320 e. The van der Waals surface area contributed by atoms with Crippen molar-refractivity contribution in [1.82, 2.24) is 9.80 Å². The molecule has 0 aromatic carbocycles. The van der Waals surface area contributed by atoms with Crippen LogP contribution in [-0.4, -0.2) is 66.3 Å². The number of carboxylic acid groups (broad SMARTS) is 1. The number of nitrogens with zero attached hydrogens (tertiary/aromatic N) is 2. The lowest BCUT2D eigenvalue weighted by Crippen LogP contribution is -2.53. The Kier molecular flexibility index (Phi) is 4.86. The molecule has 1 unspecified atom stereocenters. The minimum Gasteiger partial charge on any atom is -0.481 e. The van der Waals surface area contributed by atoms with Crippen LogP contribution in [0.5, 0.6) is 0 Å². The molecule has 20 heavy (non-hydrogen) atoms. The number of amides is 2. The van der Waals surface area contributed by atoms with Crippen molar-refractivity contribution in [2.24, 2.45) is 5.41 Å². The van der Waals surface area contributed by atoms with E-state index in [0.29, 0.717) is 52.2 Å². The summed E-state index contributed by atoms with van der Waals surface area (Å²) in [5, 5.41) is 9.47. The Labute approximate surface area is 119 Å². The number of ether oxygens (including phenoxy) is 1. The fourth-order valence-corrected chi connectivity index (χ4v) is 3.05. The number of rotatable bonds is 2. The molecule has 0 radical (unpaired) electrons. The molecule has 2 saturated heterocycles. The number of hydrogen-bond acceptors (Lipinski definition) is 3. The first-order valence-electron chi connectivity index (χ1n) is 7.44. The van der Waals surface area contributed by atoms with Gasteiger partial charge in [-0.15, -0.1) is 0 Å². The largest absolute Gasteiger partial charge is 0.481 e. The first-order chi connectivity index (χ1) is 9.59. The van der Waals surface area contributed by atoms with E-state index in [9.17, 15) is 14.7 Å². The summed E-state index contributed by atoms with van der Waals surface area (Å²) in [5.41, 5.74) is -0.768. The molecule has 1 N–H and O–H groups in total. The quantitative estimate of drug-likeness (QED) is 0.832. The average molecular weight is 284 g/mol. The van der Waals surface area contributed by atoms with E-state index in [0.717, 1.165) is 12.8 Å². The maximum absolute atomic E-state index is 12.5. The van der Waals surface area contributed by atoms with E-state index in [2.05, 4.69) is 0 Å². The highest BCUT2D eigenvalue weighted by Crippen LogP contribution is 2.34. The molecular formula is C14H24N2O4. The van der Waals surface area contributed by atoms with Crippen molar-refractivity contribution in [3.63, 3.8) is 0 Å². The zero-order valence-electron chi connectivity index (χ0n) is 12.1. The van der Waals surface area contributed by atoms with E-state index in [4.69, 9.17) is 4.74 Å². The second-order valence-corrected chi connectivity index (χ2v) is 5.70. The molecule has 6 heteroatoms. The van der Waals surface area contributed by atoms with E-state index in [1.807, 2.05) is 6.92 Å². The van der Waals surface area contributed by atoms with Crippen LogP contribution in [0, 0.1) is 5.41 Å². The van der Waals surface area contributed by atoms with Crippen LogP contribution in [0.15, 0.2) is 0 Å². The Morgan fingerprint density at radius 2 is 1.90 bits per heavy atom. The Morgan fingerprint density at radius 1 is 1.15 bits per heavy atom. The highest BCUT2D eigenvalue weighted by Gasteiger charge is 2.42. The monoisotopic (exact) mass is 284 g/mol. The van der Waals surface area contributed by atoms with Crippen molar-refractivity contribution in [2.45, 2.75) is 32.6 Å². The molecular weight excluding hydrogens is 260 g/mol. The molecule has 2 fully saturated rings. The number of carbonyl (C=O) groups is 2. The lowest BCUT2D eigenvalue weighted by molar-refractivity contribution is -0.152. The van der Waals surface area contributed by atoms with E-state index < -0.39 is 11.4 Å². The van der Waals surface area contributed by atoms with Crippen molar-refractivity contribution in [3.05, 3.63) is 0 Å². The predicted molar refractivity (Wildman–Crippen MR) is 73.6 cm³/mol. The maximum atomic E-state index is 12.5. The van der Waals surface area contributed by atoms with Crippen LogP contribution < -0.4 is 0 Å². The molecule has 2 amide bonds. The Balaban J connectivity index is 2.04. The molecule has 114 valence electrons. The SMILES string of the molecule is CCC1(C(=O)O)CCCN(C(=O)N2CCCOCC2)C1. The van der Waals surface area contributed by atoms with E-state index in [1.54, 1.807) is 9.80 Å². The van der Waals surface area contributed by atoms with Gasteiger partial charge in [-0.25, -0.2) is 4.79 Å². The van der Waals surface area contributed by atoms with E-state index in [1.165, 1.54) is 0 Å². The number of aliphatic carboxylic acids is 1. The fourth-order valence-electron chi connectivity index (χ4n) is 3.05. The lowest BCUT2D eigenvalue weighted by Gasteiger charge is -2.41. The second-order valence-electron chi connectivity index (χ2n) is 5.70. The summed E-state index contributed by atoms with van der Waals surface area (Å²) in [6.07, 6.45) is 2.83. The van der Waals surface area contributed by atoms with Gasteiger partial charge in [0.15, 0.2) is 0 Å². The molecule has 1 atom stereocenters. The third kappa shape index (κ3) is 3.06. The summed E-state index contributed by atoms with van der Waals surface area (Å²) in [6, 6.07) is -0.0331. The molecule has 2 rings (SSSR count). The van der Waals surface area contributed by atoms with E-state index >= 15 is 0 Å². The van der Waals surface area contributed by atoms with Crippen LogP contribution in [0.4, 0.5) is 4.79 Å². The van der Waals surface area contributed by atoms with Gasteiger partial charge in [0.2, 0.25) is 0 Å². The number of urea groups is 1. The number of carboxylic acids is 1. The standard InChI is InChI=1S/C14H24N2O4/c1-2-14(12(17)18)5-3-6-16(11-14)13(19)15-7-4-9-20-10-8-15/h2-11H2,1H3,(H,17,18). The summed E-state index contributed by atoms with van der Waals surface area (Å²) in [4.78, 5) is 27.6. The average Bonchev–Trinajstić information content (AvgIpc) is 2.75. The number of likely N-dealkylation sites (tertiary alicyclic amines) is 1. The molecule has 0 bridgehead atoms. The molecule has 2 aliphatic rings. The summed E-state index contributed by atoms with van der Waals surface area (Å²) in [5.74, 6) is -0.781. The molecule has 0 spiro atoms. The molecule has 0 aromatic rings. The van der Waals surface area contributed by atoms with Crippen LogP contribution in [0.3, 0.4) is 0 Å². The molecule has 2 aliphatic heterocycles. The third-order valence-electron chi connectivity index (χ3n) is 4.47. The zero-order valence-corrected chi connectivity index (χ0v) is 12.1. The van der Waals surface area contributed by atoms with Gasteiger partial charge in [-0.2, -0.15) is 0 Å². The van der Waals surface area contributed by atoms with Crippen molar-refractivity contribution in [1.29, 1.82) is 0 Å². The summed E-state index contributed by atoms with van der Waals surface area (Å²) in [6.45, 7) is 5.43. The van der Waals surface area contributed by atoms with Crippen LogP contribution >= 0.6 is 0 Å². The predicted octanol–water partition coefficient (Wildman–Crippen LogP) is 1.41. The van der Waals surface area contributed by atoms with Crippen LogP contribution in [0.25, 0.3) is 0 Å². The summed E-state index contributed by atoms with van der Waals surface area (Å²) in [7, 11) is 0.